The Bertz CT molecular complexity index is 2670. The molecule has 19 heteroatoms. The smallest absolute Gasteiger partial charge is 0.246 e. The average Bonchev–Trinajstić information content (AvgIpc) is 4.15. The molecule has 0 radical (unpaired) electrons. The van der Waals surface area contributed by atoms with Crippen molar-refractivity contribution in [2.75, 3.05) is 47.8 Å². The van der Waals surface area contributed by atoms with Crippen LogP contribution in [0.3, 0.4) is 0 Å². The number of allylic oxidation sites excluding steroid dienone is 1. The Morgan fingerprint density at radius 1 is 0.863 bits per heavy atom. The number of nitrogens with one attached hydrogen (secondary N) is 3. The molecule has 2 saturated heterocycles. The maximum atomic E-state index is 14.2. The zero-order valence-electron chi connectivity index (χ0n) is 43.2. The number of anilines is 4. The molecule has 390 valence electrons. The molecule has 1 aliphatic carbocycles. The fourth-order valence-corrected chi connectivity index (χ4v) is 11.4. The van der Waals surface area contributed by atoms with Crippen LogP contribution in [0.4, 0.5) is 23.3 Å². The summed E-state index contributed by atoms with van der Waals surface area (Å²) in [5, 5.41) is 31.3. The number of likely N-dealkylation sites (tertiary alicyclic amines) is 1. The number of nitrogens with zero attached hydrogens (tertiary/aromatic N) is 8. The first-order chi connectivity index (χ1) is 34.9. The second kappa shape index (κ2) is 22.8. The van der Waals surface area contributed by atoms with E-state index in [0.717, 1.165) is 58.6 Å². The number of aromatic nitrogens is 4. The van der Waals surface area contributed by atoms with Crippen LogP contribution >= 0.6 is 11.3 Å². The number of amides is 4. The number of carbonyl (C=O) groups is 5. The normalized spacial score (nSPS) is 20.2. The van der Waals surface area contributed by atoms with Crippen molar-refractivity contribution in [3.05, 3.63) is 76.7 Å². The molecule has 3 fully saturated rings. The number of piperazine rings is 1. The minimum atomic E-state index is -1.06. The van der Waals surface area contributed by atoms with Crippen molar-refractivity contribution < 1.29 is 34.2 Å². The van der Waals surface area contributed by atoms with E-state index in [1.165, 1.54) is 11.8 Å². The maximum Gasteiger partial charge on any atom is 0.246 e. The standard InChI is InChI=1S/C54H71N11O7S/c1-32-41-29-56-53(61-49(41)65(38-13-11-12-14-38)51(71)46(32)35(4)66)59-43-22-21-39(28-55-43)62-23-25-63(26-24-62)45(69)16-10-8-9-15-44(68)60-48(54(5,6)7)52(72)64-30-40(67)27-42(64)50(70)58-33(2)36-17-19-37(20-18-36)47-34(3)57-31-73-47/h17-22,28-29,31,33,38,40,42,48,51,67,71H,8-16,23-27,30H2,1-7H3,(H,58,70)(H,60,68)(H,55,56,59,61)/t33-,40+,42-,48+,51?/m0/s1. The second-order valence-corrected chi connectivity index (χ2v) is 21.9. The van der Waals surface area contributed by atoms with E-state index < -0.39 is 35.7 Å². The summed E-state index contributed by atoms with van der Waals surface area (Å²) in [7, 11) is 0. The summed E-state index contributed by atoms with van der Waals surface area (Å²) >= 11 is 1.57. The molecule has 4 aliphatic rings. The lowest BCUT2D eigenvalue weighted by Gasteiger charge is -2.40. The van der Waals surface area contributed by atoms with Crippen molar-refractivity contribution in [3.63, 3.8) is 0 Å². The number of Topliss-reactive ketones (excluding diaryl/α,β-unsaturated/α-hetero) is 1. The zero-order valence-corrected chi connectivity index (χ0v) is 44.0. The molecule has 0 bridgehead atoms. The van der Waals surface area contributed by atoms with E-state index in [-0.39, 0.29) is 55.0 Å². The van der Waals surface area contributed by atoms with Gasteiger partial charge in [0.15, 0.2) is 12.0 Å². The molecule has 4 amide bonds. The van der Waals surface area contributed by atoms with Crippen LogP contribution in [0.25, 0.3) is 16.0 Å². The highest BCUT2D eigenvalue weighted by Gasteiger charge is 2.45. The lowest BCUT2D eigenvalue weighted by molar-refractivity contribution is -0.144. The Labute approximate surface area is 432 Å². The fourth-order valence-electron chi connectivity index (χ4n) is 10.6. The molecule has 5 atom stereocenters. The molecule has 1 unspecified atom stereocenters. The highest BCUT2D eigenvalue weighted by molar-refractivity contribution is 7.13. The minimum absolute atomic E-state index is 0.00681. The van der Waals surface area contributed by atoms with Gasteiger partial charge >= 0.3 is 0 Å². The highest BCUT2D eigenvalue weighted by Crippen LogP contribution is 2.41. The summed E-state index contributed by atoms with van der Waals surface area (Å²) in [5.74, 6) is 0.372. The van der Waals surface area contributed by atoms with E-state index in [1.54, 1.807) is 23.7 Å². The van der Waals surface area contributed by atoms with Gasteiger partial charge in [0.25, 0.3) is 0 Å². The van der Waals surface area contributed by atoms with Crippen molar-refractivity contribution in [3.8, 4) is 10.4 Å². The predicted molar refractivity (Wildman–Crippen MR) is 282 cm³/mol. The number of aliphatic hydroxyl groups excluding tert-OH is 2. The summed E-state index contributed by atoms with van der Waals surface area (Å²) in [6.07, 6.45) is 8.01. The van der Waals surface area contributed by atoms with E-state index in [1.807, 2.05) is 93.3 Å². The summed E-state index contributed by atoms with van der Waals surface area (Å²) in [6, 6.07) is 9.71. The van der Waals surface area contributed by atoms with Crippen molar-refractivity contribution in [1.82, 2.24) is 40.4 Å². The van der Waals surface area contributed by atoms with Gasteiger partial charge in [-0.15, -0.1) is 11.3 Å². The van der Waals surface area contributed by atoms with Gasteiger partial charge in [0.1, 0.15) is 23.7 Å². The largest absolute Gasteiger partial charge is 0.391 e. The highest BCUT2D eigenvalue weighted by atomic mass is 32.1. The summed E-state index contributed by atoms with van der Waals surface area (Å²) in [4.78, 5) is 93.8. The van der Waals surface area contributed by atoms with Gasteiger partial charge in [-0.05, 0) is 87.6 Å². The van der Waals surface area contributed by atoms with Gasteiger partial charge in [-0.25, -0.2) is 15.0 Å². The first-order valence-electron chi connectivity index (χ1n) is 25.8. The average molecular weight is 1020 g/mol. The molecule has 3 aliphatic heterocycles. The number of aliphatic hydroxyl groups is 2. The van der Waals surface area contributed by atoms with Gasteiger partial charge in [0, 0.05) is 75.4 Å². The maximum absolute atomic E-state index is 14.2. The van der Waals surface area contributed by atoms with E-state index >= 15 is 0 Å². The number of aryl methyl sites for hydroxylation is 1. The molecule has 8 rings (SSSR count). The van der Waals surface area contributed by atoms with Crippen LogP contribution in [-0.4, -0.2) is 133 Å². The fraction of sp³-hybridized carbons (Fsp3) is 0.537. The minimum Gasteiger partial charge on any atom is -0.391 e. The lowest BCUT2D eigenvalue weighted by atomic mass is 9.85. The van der Waals surface area contributed by atoms with Gasteiger partial charge in [-0.2, -0.15) is 4.98 Å². The van der Waals surface area contributed by atoms with Crippen LogP contribution in [0, 0.1) is 12.3 Å². The Morgan fingerprint density at radius 2 is 1.58 bits per heavy atom. The van der Waals surface area contributed by atoms with Crippen LogP contribution in [0.5, 0.6) is 0 Å². The number of β-amino-alcohol motifs (C(OH)–C–C–N with tert-alkyl or cyclic N) is 1. The van der Waals surface area contributed by atoms with Crippen molar-refractivity contribution in [1.29, 1.82) is 0 Å². The third kappa shape index (κ3) is 12.2. The van der Waals surface area contributed by atoms with Crippen molar-refractivity contribution in [2.45, 2.75) is 149 Å². The Balaban J connectivity index is 0.760. The molecule has 0 spiro atoms. The number of rotatable bonds is 17. The van der Waals surface area contributed by atoms with E-state index in [9.17, 15) is 34.2 Å². The second-order valence-electron chi connectivity index (χ2n) is 21.1. The molecule has 6 heterocycles. The molecule has 73 heavy (non-hydrogen) atoms. The first-order valence-corrected chi connectivity index (χ1v) is 26.7. The molecule has 5 N–H and O–H groups in total. The van der Waals surface area contributed by atoms with Crippen LogP contribution in [0.15, 0.2) is 59.9 Å². The summed E-state index contributed by atoms with van der Waals surface area (Å²) < 4.78 is 0. The monoisotopic (exact) mass is 1020 g/mol. The molecular weight excluding hydrogens is 947 g/mol. The van der Waals surface area contributed by atoms with E-state index in [0.29, 0.717) is 80.6 Å². The Kier molecular flexibility index (Phi) is 16.6. The molecule has 1 aromatic carbocycles. The topological polar surface area (TPSA) is 226 Å². The number of thiazole rings is 1. The van der Waals surface area contributed by atoms with Gasteiger partial charge in [-0.3, -0.25) is 24.0 Å². The molecular formula is C54H71N11O7S. The Morgan fingerprint density at radius 3 is 2.22 bits per heavy atom. The quantitative estimate of drug-likeness (QED) is 0.0716. The number of fused-ring (bicyclic) bond motifs is 1. The van der Waals surface area contributed by atoms with Crippen LogP contribution in [-0.2, 0) is 24.0 Å². The summed E-state index contributed by atoms with van der Waals surface area (Å²) in [5.41, 5.74) is 6.80. The van der Waals surface area contributed by atoms with Crippen molar-refractivity contribution in [2.24, 2.45) is 5.41 Å². The van der Waals surface area contributed by atoms with Crippen LogP contribution in [0.2, 0.25) is 0 Å². The number of pyridine rings is 1. The van der Waals surface area contributed by atoms with E-state index in [2.05, 4.69) is 35.8 Å². The van der Waals surface area contributed by atoms with Gasteiger partial charge in [0.05, 0.1) is 40.1 Å². The predicted octanol–water partition coefficient (Wildman–Crippen LogP) is 6.46. The lowest BCUT2D eigenvalue weighted by Crippen LogP contribution is -2.57. The first kappa shape index (κ1) is 53.0. The van der Waals surface area contributed by atoms with Gasteiger partial charge in [-0.1, -0.05) is 64.3 Å². The zero-order chi connectivity index (χ0) is 52.1. The van der Waals surface area contributed by atoms with Crippen LogP contribution < -0.4 is 25.8 Å². The van der Waals surface area contributed by atoms with Crippen molar-refractivity contribution >= 4 is 69.6 Å². The third-order valence-electron chi connectivity index (χ3n) is 14.8. The van der Waals surface area contributed by atoms with E-state index in [4.69, 9.17) is 4.98 Å². The van der Waals surface area contributed by atoms with Gasteiger partial charge in [0.2, 0.25) is 29.6 Å². The number of unbranched alkanes of at least 4 members (excludes halogenated alkanes) is 2. The number of hydrogen-bond donors (Lipinski definition) is 5. The number of ketones is 1. The molecule has 1 saturated carbocycles. The van der Waals surface area contributed by atoms with Gasteiger partial charge < -0.3 is 45.8 Å². The number of benzene rings is 1. The number of carbonyl (C=O) groups excluding carboxylic acids is 5. The molecule has 4 aromatic rings. The summed E-state index contributed by atoms with van der Waals surface area (Å²) in [6.45, 7) is 15.2. The number of hydrogen-bond acceptors (Lipinski definition) is 15. The Hall–Kier alpha value is -6.31. The SMILES string of the molecule is CC(=O)C1=C(C)c2cnc(Nc3ccc(N4CCN(C(=O)CCCCCC(=O)N[C@H](C(=O)N5C[C@H](O)C[C@H]5C(=O)N[C@@H](C)c5ccc(-c6scnc6C)cc5)C(C)(C)C)CC4)cn3)nc2N(C2CCCC2)C1O. The third-order valence-corrected chi connectivity index (χ3v) is 15.8. The van der Waals surface area contributed by atoms with Crippen LogP contribution in [0.1, 0.15) is 129 Å². The molecule has 3 aromatic heterocycles. The molecule has 18 nitrogen and oxygen atoms in total.